The average molecular weight is 1030 g/mol. The van der Waals surface area contributed by atoms with Crippen LogP contribution in [-0.2, 0) is 40.5 Å². The number of anilines is 4. The molecule has 69 heavy (non-hydrogen) atoms. The van der Waals surface area contributed by atoms with Gasteiger partial charge in [-0.05, 0) is 36.4 Å². The third-order valence-electron chi connectivity index (χ3n) is 9.58. The van der Waals surface area contributed by atoms with Gasteiger partial charge in [0.25, 0.3) is 40.5 Å². The minimum atomic E-state index is -4.94. The number of aromatic hydroxyl groups is 1. The molecule has 0 aliphatic carbocycles. The number of nitrogens with one attached hydrogen (secondary N) is 2. The van der Waals surface area contributed by atoms with Gasteiger partial charge in [-0.3, -0.25) is 18.2 Å². The smallest absolute Gasteiger partial charge is 0.320 e. The first-order chi connectivity index (χ1) is 32.4. The molecule has 0 unspecified atom stereocenters. The van der Waals surface area contributed by atoms with Crippen molar-refractivity contribution in [1.29, 1.82) is 0 Å². The van der Waals surface area contributed by atoms with Gasteiger partial charge in [0.2, 0.25) is 11.9 Å². The predicted octanol–water partition coefficient (Wildman–Crippen LogP) is 7.22. The number of azo groups is 2. The van der Waals surface area contributed by atoms with Crippen LogP contribution in [0, 0.1) is 0 Å². The first kappa shape index (κ1) is 49.2. The van der Waals surface area contributed by atoms with E-state index >= 15 is 0 Å². The lowest BCUT2D eigenvalue weighted by atomic mass is 10.1. The molecular formula is C39H33N9O17S4. The number of nitrogens with zero attached hydrogens (tertiary/aromatic N) is 7. The van der Waals surface area contributed by atoms with Crippen molar-refractivity contribution in [2.24, 2.45) is 20.5 Å². The first-order valence-electron chi connectivity index (χ1n) is 18.8. The predicted molar refractivity (Wildman–Crippen MR) is 243 cm³/mol. The molecule has 7 aromatic rings. The summed E-state index contributed by atoms with van der Waals surface area (Å²) in [6, 6.07) is 15.6. The zero-order chi connectivity index (χ0) is 50.2. The largest absolute Gasteiger partial charge is 0.494 e. The van der Waals surface area contributed by atoms with Crippen molar-refractivity contribution in [3.05, 3.63) is 84.9 Å². The van der Waals surface area contributed by atoms with E-state index in [1.54, 1.807) is 0 Å². The summed E-state index contributed by atoms with van der Waals surface area (Å²) in [5, 5.41) is 31.6. The van der Waals surface area contributed by atoms with Crippen LogP contribution in [0.4, 0.5) is 46.0 Å². The summed E-state index contributed by atoms with van der Waals surface area (Å²) >= 11 is 0. The Morgan fingerprint density at radius 3 is 1.13 bits per heavy atom. The molecule has 6 aromatic carbocycles. The number of fused-ring (bicyclic) bond motifs is 2. The number of methoxy groups -OCH3 is 4. The van der Waals surface area contributed by atoms with Crippen molar-refractivity contribution >= 4 is 108 Å². The van der Waals surface area contributed by atoms with Gasteiger partial charge < -0.3 is 34.7 Å². The van der Waals surface area contributed by atoms with E-state index in [-0.39, 0.29) is 90.6 Å². The molecule has 0 spiro atoms. The van der Waals surface area contributed by atoms with Gasteiger partial charge in [0.1, 0.15) is 54.0 Å². The summed E-state index contributed by atoms with van der Waals surface area (Å²) in [4.78, 5) is 9.38. The SMILES string of the molecule is COc1cc(Nc2nc(O)nc(Nc3cc(OC)c(/N=N/c4cc(S(=O)(=O)O)c5cccc(S(=O)(=O)O)c5c4)cc3OC)n2)c(OC)cc1/N=N/c1cc(S(=O)(=O)O)c2cccc(S(=O)(=O)O)c2c1. The Hall–Kier alpha value is -7.71. The minimum absolute atomic E-state index is 0.00672. The van der Waals surface area contributed by atoms with Gasteiger partial charge in [0, 0.05) is 45.8 Å². The summed E-state index contributed by atoms with van der Waals surface area (Å²) < 4.78 is 159. The van der Waals surface area contributed by atoms with Crippen molar-refractivity contribution in [2.75, 3.05) is 39.1 Å². The fourth-order valence-electron chi connectivity index (χ4n) is 6.67. The summed E-state index contributed by atoms with van der Waals surface area (Å²) in [6.45, 7) is 0. The van der Waals surface area contributed by atoms with E-state index in [1.165, 1.54) is 77.0 Å². The molecule has 0 radical (unpaired) electrons. The standard InChI is InChI=1S/C39H33N9O17S4/c1-62-29-17-27(47-45-19-11-23-21(35(13-19)68(56,57)58)7-5-9-33(23)66(50,51)52)31(64-3)15-25(29)40-37-42-38(44-39(49)43-37)41-26-16-32(65-4)28(18-30(26)63-2)48-46-20-12-24-22(36(14-20)69(59,60)61)8-6-10-34(24)67(53,54)55/h5-18H,1-4H3,(H,50,51,52)(H,53,54,55)(H,56,57,58)(H,59,60,61)(H3,40,41,42,43,44,49)/b47-45+,48-46+. The van der Waals surface area contributed by atoms with Crippen LogP contribution in [0.2, 0.25) is 0 Å². The van der Waals surface area contributed by atoms with Crippen LogP contribution in [0.1, 0.15) is 0 Å². The Morgan fingerprint density at radius 1 is 0.435 bits per heavy atom. The highest BCUT2D eigenvalue weighted by Crippen LogP contribution is 2.43. The molecule has 0 aliphatic heterocycles. The van der Waals surface area contributed by atoms with Crippen molar-refractivity contribution in [1.82, 2.24) is 15.0 Å². The zero-order valence-electron chi connectivity index (χ0n) is 35.5. The normalized spacial score (nSPS) is 12.5. The second kappa shape index (κ2) is 18.8. The Bertz CT molecular complexity index is 3520. The molecule has 1 aromatic heterocycles. The van der Waals surface area contributed by atoms with Crippen molar-refractivity contribution in [3.63, 3.8) is 0 Å². The number of aromatic nitrogens is 3. The van der Waals surface area contributed by atoms with Crippen LogP contribution < -0.4 is 29.6 Å². The number of hydrogen-bond acceptors (Lipinski definition) is 22. The minimum Gasteiger partial charge on any atom is -0.494 e. The second-order valence-corrected chi connectivity index (χ2v) is 19.4. The molecule has 26 nitrogen and oxygen atoms in total. The summed E-state index contributed by atoms with van der Waals surface area (Å²) in [5.74, 6) is -0.308. The highest BCUT2D eigenvalue weighted by molar-refractivity contribution is 7.87. The number of ether oxygens (including phenoxy) is 4. The Labute approximate surface area is 390 Å². The topological polar surface area (TPSA) is 387 Å². The summed E-state index contributed by atoms with van der Waals surface area (Å²) in [7, 11) is -14.4. The molecule has 7 N–H and O–H groups in total. The van der Waals surface area contributed by atoms with Crippen LogP contribution in [0.5, 0.6) is 29.0 Å². The molecule has 0 saturated carbocycles. The zero-order valence-corrected chi connectivity index (χ0v) is 38.7. The van der Waals surface area contributed by atoms with Gasteiger partial charge in [-0.25, -0.2) is 0 Å². The molecular weight excluding hydrogens is 995 g/mol. The summed E-state index contributed by atoms with van der Waals surface area (Å²) in [5.41, 5.74) is -0.234. The average Bonchev–Trinajstić information content (AvgIpc) is 3.27. The fraction of sp³-hybridized carbons (Fsp3) is 0.103. The van der Waals surface area contributed by atoms with E-state index in [2.05, 4.69) is 46.0 Å². The van der Waals surface area contributed by atoms with E-state index < -0.39 is 66.1 Å². The first-order valence-corrected chi connectivity index (χ1v) is 24.6. The molecule has 0 aliphatic rings. The maximum Gasteiger partial charge on any atom is 0.320 e. The third kappa shape index (κ3) is 10.7. The lowest BCUT2D eigenvalue weighted by Gasteiger charge is -2.15. The third-order valence-corrected chi connectivity index (χ3v) is 13.2. The van der Waals surface area contributed by atoms with E-state index in [0.29, 0.717) is 0 Å². The van der Waals surface area contributed by atoms with Crippen LogP contribution in [-0.4, -0.2) is 100 Å². The molecule has 0 amide bonds. The molecule has 0 saturated heterocycles. The quantitative estimate of drug-likeness (QED) is 0.0371. The molecule has 0 bridgehead atoms. The number of hydrogen-bond donors (Lipinski definition) is 7. The van der Waals surface area contributed by atoms with Crippen LogP contribution in [0.3, 0.4) is 0 Å². The monoisotopic (exact) mass is 1030 g/mol. The van der Waals surface area contributed by atoms with Gasteiger partial charge in [-0.1, -0.05) is 24.3 Å². The maximum atomic E-state index is 12.3. The Morgan fingerprint density at radius 2 is 0.797 bits per heavy atom. The molecule has 30 heteroatoms. The maximum absolute atomic E-state index is 12.3. The summed E-state index contributed by atoms with van der Waals surface area (Å²) in [6.07, 6.45) is 0. The van der Waals surface area contributed by atoms with E-state index in [0.717, 1.165) is 36.4 Å². The van der Waals surface area contributed by atoms with Gasteiger partial charge in [0.15, 0.2) is 0 Å². The number of benzene rings is 6. The molecule has 0 atom stereocenters. The van der Waals surface area contributed by atoms with Crippen LogP contribution in [0.15, 0.2) is 125 Å². The van der Waals surface area contributed by atoms with Gasteiger partial charge in [0.05, 0.1) is 51.2 Å². The second-order valence-electron chi connectivity index (χ2n) is 13.9. The lowest BCUT2D eigenvalue weighted by Crippen LogP contribution is -2.05. The molecule has 0 fully saturated rings. The van der Waals surface area contributed by atoms with Crippen LogP contribution in [0.25, 0.3) is 21.5 Å². The van der Waals surface area contributed by atoms with Gasteiger partial charge >= 0.3 is 6.01 Å². The highest BCUT2D eigenvalue weighted by atomic mass is 32.2. The number of rotatable bonds is 16. The Kier molecular flexibility index (Phi) is 13.4. The van der Waals surface area contributed by atoms with Crippen molar-refractivity contribution in [2.45, 2.75) is 19.6 Å². The van der Waals surface area contributed by atoms with Crippen molar-refractivity contribution < 1.29 is 75.9 Å². The van der Waals surface area contributed by atoms with E-state index in [4.69, 9.17) is 18.9 Å². The van der Waals surface area contributed by atoms with Gasteiger partial charge in [-0.2, -0.15) is 58.9 Å². The van der Waals surface area contributed by atoms with Gasteiger partial charge in [-0.15, -0.1) is 10.2 Å². The molecule has 1 heterocycles. The van der Waals surface area contributed by atoms with Crippen molar-refractivity contribution in [3.8, 4) is 29.0 Å². The lowest BCUT2D eigenvalue weighted by molar-refractivity contribution is 0.405. The van der Waals surface area contributed by atoms with E-state index in [1.807, 2.05) is 0 Å². The fourth-order valence-corrected chi connectivity index (χ4v) is 9.51. The van der Waals surface area contributed by atoms with Crippen LogP contribution >= 0.6 is 0 Å². The Balaban J connectivity index is 1.19. The molecule has 7 rings (SSSR count). The highest BCUT2D eigenvalue weighted by Gasteiger charge is 2.24. The van der Waals surface area contributed by atoms with E-state index in [9.17, 15) is 57.0 Å². The molecule has 360 valence electrons.